The summed E-state index contributed by atoms with van der Waals surface area (Å²) < 4.78 is 17.3. The van der Waals surface area contributed by atoms with Crippen LogP contribution in [0.2, 0.25) is 0 Å². The number of piperidine rings is 1. The van der Waals surface area contributed by atoms with E-state index < -0.39 is 35.2 Å². The molecule has 1 rings (SSSR count). The zero-order valence-electron chi connectivity index (χ0n) is 8.10. The van der Waals surface area contributed by atoms with Crippen LogP contribution >= 0.6 is 0 Å². The van der Waals surface area contributed by atoms with E-state index in [1.165, 1.54) is 0 Å². The standard InChI is InChI=1S/C7H12FN3O4/c1-15-6(12)7(9)5(11(13)14)2-4(8)3-10-7/h4-5,10H,2-3,9H2,1H3/t4?,5?,7-/m1/s1. The van der Waals surface area contributed by atoms with Crippen molar-refractivity contribution in [1.82, 2.24) is 5.32 Å². The first-order valence-electron chi connectivity index (χ1n) is 4.31. The lowest BCUT2D eigenvalue weighted by atomic mass is 9.92. The third-order valence-electron chi connectivity index (χ3n) is 2.40. The molecular formula is C7H12FN3O4. The molecule has 1 fully saturated rings. The predicted molar refractivity (Wildman–Crippen MR) is 47.2 cm³/mol. The Morgan fingerprint density at radius 1 is 1.80 bits per heavy atom. The quantitative estimate of drug-likeness (QED) is 0.344. The van der Waals surface area contributed by atoms with E-state index in [2.05, 4.69) is 10.1 Å². The summed E-state index contributed by atoms with van der Waals surface area (Å²) in [5.74, 6) is -0.962. The molecule has 0 spiro atoms. The molecule has 1 heterocycles. The first-order chi connectivity index (χ1) is 6.91. The summed E-state index contributed by atoms with van der Waals surface area (Å²) in [5.41, 5.74) is 3.58. The number of halogens is 1. The number of nitrogens with one attached hydrogen (secondary N) is 1. The Morgan fingerprint density at radius 2 is 2.40 bits per heavy atom. The number of nitro groups is 1. The lowest BCUT2D eigenvalue weighted by Gasteiger charge is -2.34. The number of methoxy groups -OCH3 is 1. The topological polar surface area (TPSA) is 107 Å². The van der Waals surface area contributed by atoms with Crippen LogP contribution in [0.15, 0.2) is 0 Å². The van der Waals surface area contributed by atoms with Gasteiger partial charge < -0.3 is 4.74 Å². The average molecular weight is 221 g/mol. The van der Waals surface area contributed by atoms with Crippen molar-refractivity contribution in [2.45, 2.75) is 24.3 Å². The smallest absolute Gasteiger partial charge is 0.348 e. The van der Waals surface area contributed by atoms with Gasteiger partial charge >= 0.3 is 5.97 Å². The van der Waals surface area contributed by atoms with E-state index in [0.717, 1.165) is 7.11 Å². The van der Waals surface area contributed by atoms with Gasteiger partial charge in [0.05, 0.1) is 13.5 Å². The largest absolute Gasteiger partial charge is 0.466 e. The molecule has 0 saturated carbocycles. The number of hydrogen-bond donors (Lipinski definition) is 2. The first kappa shape index (κ1) is 11.8. The zero-order valence-corrected chi connectivity index (χ0v) is 8.10. The summed E-state index contributed by atoms with van der Waals surface area (Å²) in [4.78, 5) is 21.2. The number of nitrogens with zero attached hydrogens (tertiary/aromatic N) is 1. The molecule has 0 aromatic heterocycles. The molecule has 7 nitrogen and oxygen atoms in total. The molecule has 1 aliphatic rings. The first-order valence-corrected chi connectivity index (χ1v) is 4.31. The van der Waals surface area contributed by atoms with Gasteiger partial charge in [0.15, 0.2) is 0 Å². The molecule has 86 valence electrons. The van der Waals surface area contributed by atoms with E-state index in [9.17, 15) is 19.3 Å². The van der Waals surface area contributed by atoms with Crippen LogP contribution in [-0.2, 0) is 9.53 Å². The summed E-state index contributed by atoms with van der Waals surface area (Å²) in [7, 11) is 1.07. The maximum absolute atomic E-state index is 12.9. The monoisotopic (exact) mass is 221 g/mol. The van der Waals surface area contributed by atoms with E-state index in [1.807, 2.05) is 0 Å². The molecule has 1 saturated heterocycles. The Bertz CT molecular complexity index is 287. The Balaban J connectivity index is 2.94. The van der Waals surface area contributed by atoms with Gasteiger partial charge in [0, 0.05) is 11.5 Å². The Kier molecular flexibility index (Phi) is 3.20. The van der Waals surface area contributed by atoms with Crippen molar-refractivity contribution in [3.05, 3.63) is 10.1 Å². The Hall–Kier alpha value is -1.28. The molecule has 3 N–H and O–H groups in total. The van der Waals surface area contributed by atoms with Crippen molar-refractivity contribution in [2.75, 3.05) is 13.7 Å². The number of ether oxygens (including phenoxy) is 1. The predicted octanol–water partition coefficient (Wildman–Crippen LogP) is -1.21. The van der Waals surface area contributed by atoms with Crippen LogP contribution in [0.3, 0.4) is 0 Å². The van der Waals surface area contributed by atoms with Crippen LogP contribution in [0.25, 0.3) is 0 Å². The highest BCUT2D eigenvalue weighted by molar-refractivity contribution is 5.81. The zero-order chi connectivity index (χ0) is 11.6. The average Bonchev–Trinajstić information content (AvgIpc) is 2.20. The number of nitrogens with two attached hydrogens (primary N) is 1. The van der Waals surface area contributed by atoms with Gasteiger partial charge in [-0.05, 0) is 0 Å². The molecule has 3 atom stereocenters. The third kappa shape index (κ3) is 2.05. The van der Waals surface area contributed by atoms with Crippen molar-refractivity contribution in [3.8, 4) is 0 Å². The third-order valence-corrected chi connectivity index (χ3v) is 2.40. The second kappa shape index (κ2) is 4.07. The molecule has 0 aromatic carbocycles. The van der Waals surface area contributed by atoms with Crippen molar-refractivity contribution >= 4 is 5.97 Å². The van der Waals surface area contributed by atoms with Gasteiger partial charge in [-0.1, -0.05) is 0 Å². The number of hydrogen-bond acceptors (Lipinski definition) is 6. The maximum atomic E-state index is 12.9. The fourth-order valence-electron chi connectivity index (χ4n) is 1.54. The Labute approximate surface area is 84.9 Å². The van der Waals surface area contributed by atoms with E-state index in [0.29, 0.717) is 0 Å². The molecule has 0 bridgehead atoms. The van der Waals surface area contributed by atoms with Gasteiger partial charge in [0.25, 0.3) is 6.04 Å². The van der Waals surface area contributed by atoms with Gasteiger partial charge in [-0.25, -0.2) is 9.18 Å². The molecule has 1 aliphatic heterocycles. The summed E-state index contributed by atoms with van der Waals surface area (Å²) in [5, 5.41) is 13.0. The van der Waals surface area contributed by atoms with Crippen molar-refractivity contribution in [1.29, 1.82) is 0 Å². The second-order valence-electron chi connectivity index (χ2n) is 3.38. The van der Waals surface area contributed by atoms with Crippen LogP contribution in [-0.4, -0.2) is 42.4 Å². The highest BCUT2D eigenvalue weighted by Crippen LogP contribution is 2.21. The van der Waals surface area contributed by atoms with E-state index in [4.69, 9.17) is 5.73 Å². The van der Waals surface area contributed by atoms with Crippen LogP contribution in [0.1, 0.15) is 6.42 Å². The lowest BCUT2D eigenvalue weighted by molar-refractivity contribution is -0.537. The Morgan fingerprint density at radius 3 is 2.87 bits per heavy atom. The number of esters is 1. The molecule has 0 radical (unpaired) electrons. The number of alkyl halides is 1. The van der Waals surface area contributed by atoms with Crippen molar-refractivity contribution < 1.29 is 18.8 Å². The molecule has 0 aromatic rings. The normalized spacial score (nSPS) is 35.9. The van der Waals surface area contributed by atoms with Gasteiger partial charge in [-0.2, -0.15) is 0 Å². The van der Waals surface area contributed by atoms with E-state index in [-0.39, 0.29) is 6.54 Å². The summed E-state index contributed by atoms with van der Waals surface area (Å²) in [6, 6.07) is -1.52. The summed E-state index contributed by atoms with van der Waals surface area (Å²) in [6.45, 7) is -0.198. The summed E-state index contributed by atoms with van der Waals surface area (Å²) >= 11 is 0. The van der Waals surface area contributed by atoms with Crippen LogP contribution in [0, 0.1) is 10.1 Å². The molecule has 2 unspecified atom stereocenters. The van der Waals surface area contributed by atoms with Crippen LogP contribution in [0.4, 0.5) is 4.39 Å². The SMILES string of the molecule is COC(=O)[C@]1(N)NCC(F)CC1[N+](=O)[O-]. The minimum Gasteiger partial charge on any atom is -0.466 e. The van der Waals surface area contributed by atoms with Crippen molar-refractivity contribution in [3.63, 3.8) is 0 Å². The number of carbonyl (C=O) groups is 1. The molecular weight excluding hydrogens is 209 g/mol. The minimum atomic E-state index is -1.94. The van der Waals surface area contributed by atoms with E-state index >= 15 is 0 Å². The maximum Gasteiger partial charge on any atom is 0.348 e. The van der Waals surface area contributed by atoms with Crippen LogP contribution in [0.5, 0.6) is 0 Å². The fraction of sp³-hybridized carbons (Fsp3) is 0.857. The highest BCUT2D eigenvalue weighted by Gasteiger charge is 2.55. The number of rotatable bonds is 2. The van der Waals surface area contributed by atoms with Gasteiger partial charge in [-0.15, -0.1) is 0 Å². The molecule has 8 heteroatoms. The number of carbonyl (C=O) groups excluding carboxylic acids is 1. The minimum absolute atomic E-state index is 0.198. The lowest BCUT2D eigenvalue weighted by Crippen LogP contribution is -2.73. The molecule has 15 heavy (non-hydrogen) atoms. The second-order valence-corrected chi connectivity index (χ2v) is 3.38. The summed E-state index contributed by atoms with van der Waals surface area (Å²) in [6.07, 6.45) is -1.78. The molecule has 0 aliphatic carbocycles. The molecule has 0 amide bonds. The van der Waals surface area contributed by atoms with Crippen molar-refractivity contribution in [2.24, 2.45) is 5.73 Å². The van der Waals surface area contributed by atoms with Gasteiger partial charge in [0.2, 0.25) is 5.66 Å². The fourth-order valence-corrected chi connectivity index (χ4v) is 1.54. The van der Waals surface area contributed by atoms with Gasteiger partial charge in [0.1, 0.15) is 6.17 Å². The van der Waals surface area contributed by atoms with Crippen LogP contribution < -0.4 is 11.1 Å². The van der Waals surface area contributed by atoms with Gasteiger partial charge in [-0.3, -0.25) is 21.2 Å². The van der Waals surface area contributed by atoms with E-state index in [1.54, 1.807) is 0 Å². The highest BCUT2D eigenvalue weighted by atomic mass is 19.1.